The zero-order valence-electron chi connectivity index (χ0n) is 47.7. The Kier molecular flexibility index (Phi) is 36.0. The molecule has 0 saturated heterocycles. The predicted molar refractivity (Wildman–Crippen MR) is 292 cm³/mol. The first-order valence-corrected chi connectivity index (χ1v) is 27.0. The van der Waals surface area contributed by atoms with Crippen molar-refractivity contribution in [2.45, 2.75) is 88.4 Å². The number of nitrogens with two attached hydrogens (primary N) is 4. The largest absolute Gasteiger partial charge is 0.479 e. The van der Waals surface area contributed by atoms with Gasteiger partial charge in [0.25, 0.3) is 0 Å². The van der Waals surface area contributed by atoms with Gasteiger partial charge in [-0.3, -0.25) is 19.2 Å². The highest BCUT2D eigenvalue weighted by molar-refractivity contribution is 5.89. The number of alkyl carbamates (subject to hydrolysis) is 2. The van der Waals surface area contributed by atoms with Crippen molar-refractivity contribution in [3.05, 3.63) is 23.7 Å². The maximum absolute atomic E-state index is 13.3. The highest BCUT2D eigenvalue weighted by Crippen LogP contribution is 2.31. The van der Waals surface area contributed by atoms with Crippen LogP contribution >= 0.6 is 0 Å². The third-order valence-corrected chi connectivity index (χ3v) is 11.7. The molecule has 0 saturated carbocycles. The van der Waals surface area contributed by atoms with Gasteiger partial charge < -0.3 is 132 Å². The van der Waals surface area contributed by atoms with E-state index in [1.54, 1.807) is 6.92 Å². The lowest BCUT2D eigenvalue weighted by Crippen LogP contribution is -2.61. The van der Waals surface area contributed by atoms with Crippen molar-refractivity contribution in [3.8, 4) is 0 Å². The number of guanidine groups is 2. The number of nitrogens with one attached hydrogen (secondary N) is 5. The summed E-state index contributed by atoms with van der Waals surface area (Å²) < 4.78 is 54.3. The first kappa shape index (κ1) is 73.7. The Balaban J connectivity index is 1.92. The summed E-state index contributed by atoms with van der Waals surface area (Å²) in [7, 11) is 0. The van der Waals surface area contributed by atoms with Crippen LogP contribution in [0.1, 0.15) is 33.6 Å². The Morgan fingerprint density at radius 3 is 1.40 bits per heavy atom. The molecule has 0 aromatic heterocycles. The summed E-state index contributed by atoms with van der Waals surface area (Å²) in [5.74, 6) is -8.57. The molecule has 36 nitrogen and oxygen atoms in total. The average molecular weight is 1230 g/mol. The number of aliphatic imine (C=N–C) groups is 2. The van der Waals surface area contributed by atoms with Crippen LogP contribution in [0, 0.1) is 5.92 Å². The lowest BCUT2D eigenvalue weighted by molar-refractivity contribution is -0.147. The van der Waals surface area contributed by atoms with Gasteiger partial charge in [0.2, 0.25) is 35.1 Å². The molecule has 0 aliphatic carbocycles. The van der Waals surface area contributed by atoms with Gasteiger partial charge in [0, 0.05) is 45.6 Å². The van der Waals surface area contributed by atoms with Gasteiger partial charge in [-0.05, 0) is 18.6 Å². The van der Waals surface area contributed by atoms with Gasteiger partial charge in [0.1, 0.15) is 31.4 Å². The van der Waals surface area contributed by atoms with Crippen molar-refractivity contribution >= 4 is 59.7 Å². The number of aliphatic carboxylic acids is 2. The summed E-state index contributed by atoms with van der Waals surface area (Å²) in [6.45, 7) is 3.10. The fraction of sp³-hybridized carbons (Fsp3) is 0.714. The van der Waals surface area contributed by atoms with Crippen LogP contribution in [0.3, 0.4) is 0 Å². The van der Waals surface area contributed by atoms with Crippen molar-refractivity contribution in [3.63, 3.8) is 0 Å². The quantitative estimate of drug-likeness (QED) is 0.0153. The highest BCUT2D eigenvalue weighted by atomic mass is 16.6. The standard InChI is InChI=1S/C49H84N12O24/c1-4-10-76-16-18-80-20-21-81-19-17-77-11-5-38(69)61(24-36(67)54-6-12-78-14-8-56-48(74)84-41(32(65)26-62)40-28(2)30(59-46(50)51)22-34(82-40)44(70)71)25-37(68)55-7-13-79-15-9-57-49(75)85-42(33(66)27-63)43-39(58-29(3)64)31(60-47(52)53)23-35(83-43)45(72)73/h22-23,28,30-33,39-43,62-63,65-66H,4-21,24-27H2,1-3H3,(H,54,67)(H,55,68)(H,56,74)(H,57,75)(H,58,64)(H,70,71)(H,72,73)(H4,50,51,59)(H4,52,53,60)/t28-,30+,31+,32-,33-,39-,40-,41-,42-,43-/m1/s1. The number of carbonyl (C=O) groups excluding carboxylic acids is 6. The van der Waals surface area contributed by atoms with E-state index in [-0.39, 0.29) is 84.8 Å². The van der Waals surface area contributed by atoms with E-state index in [0.29, 0.717) is 33.0 Å². The van der Waals surface area contributed by atoms with Crippen LogP contribution in [0.5, 0.6) is 0 Å². The predicted octanol–water partition coefficient (Wildman–Crippen LogP) is -7.00. The van der Waals surface area contributed by atoms with Gasteiger partial charge >= 0.3 is 24.1 Å². The maximum Gasteiger partial charge on any atom is 0.407 e. The van der Waals surface area contributed by atoms with E-state index in [1.165, 1.54) is 0 Å². The smallest absolute Gasteiger partial charge is 0.407 e. The van der Waals surface area contributed by atoms with Crippen LogP contribution in [0.25, 0.3) is 0 Å². The zero-order valence-corrected chi connectivity index (χ0v) is 47.7. The lowest BCUT2D eigenvalue weighted by Gasteiger charge is -2.39. The third kappa shape index (κ3) is 29.8. The molecule has 2 aliphatic heterocycles. The van der Waals surface area contributed by atoms with Crippen molar-refractivity contribution in [2.75, 3.05) is 132 Å². The molecule has 0 radical (unpaired) electrons. The van der Waals surface area contributed by atoms with Gasteiger partial charge in [-0.25, -0.2) is 29.2 Å². The molecule has 0 aromatic rings. The Hall–Kier alpha value is -7.42. The lowest BCUT2D eigenvalue weighted by atomic mass is 9.87. The molecule has 85 heavy (non-hydrogen) atoms. The first-order valence-electron chi connectivity index (χ1n) is 27.0. The van der Waals surface area contributed by atoms with Gasteiger partial charge in [-0.2, -0.15) is 0 Å². The fourth-order valence-corrected chi connectivity index (χ4v) is 7.77. The molecule has 0 aromatic carbocycles. The molecule has 2 aliphatic rings. The molecule has 6 amide bonds. The number of aliphatic hydroxyl groups excluding tert-OH is 4. The monoisotopic (exact) mass is 1220 g/mol. The number of carboxylic acid groups (broad SMARTS) is 2. The SMILES string of the molecule is CCCOCCOCCOCCOCCC(=O)N(CC(=O)NCCOCCNC(=O)O[C@@H]([C@@H]1OC(C(=O)O)=C[C@H](N=C(N)N)[C@H]1C)[C@H](O)CO)CC(=O)NCCOCCNC(=O)O[C@@H]([C@@H]1OC(C(=O)O)=C[C@H](N=C(N)N)[C@H]1NC(C)=O)[C@H](O)CO. The van der Waals surface area contributed by atoms with E-state index in [9.17, 15) is 69.0 Å². The molecule has 0 spiro atoms. The van der Waals surface area contributed by atoms with Gasteiger partial charge in [-0.1, -0.05) is 13.8 Å². The number of ether oxygens (including phenoxy) is 10. The minimum atomic E-state index is -1.86. The summed E-state index contributed by atoms with van der Waals surface area (Å²) >= 11 is 0. The summed E-state index contributed by atoms with van der Waals surface area (Å²) in [6, 6.07) is -3.52. The summed E-state index contributed by atoms with van der Waals surface area (Å²) in [6.07, 6.45) is -9.36. The van der Waals surface area contributed by atoms with E-state index >= 15 is 0 Å². The number of hydrogen-bond acceptors (Lipinski definition) is 24. The second kappa shape index (κ2) is 41.6. The van der Waals surface area contributed by atoms with Crippen molar-refractivity contribution in [1.29, 1.82) is 0 Å². The number of aliphatic hydroxyl groups is 4. The highest BCUT2D eigenvalue weighted by Gasteiger charge is 2.47. The fourth-order valence-electron chi connectivity index (χ4n) is 7.77. The van der Waals surface area contributed by atoms with Crippen LogP contribution in [-0.4, -0.2) is 282 Å². The van der Waals surface area contributed by atoms with Gasteiger partial charge in [-0.15, -0.1) is 0 Å². The minimum Gasteiger partial charge on any atom is -0.479 e. The number of rotatable bonds is 43. The molecule has 36 heteroatoms. The molecular weight excluding hydrogens is 1140 g/mol. The Bertz CT molecular complexity index is 2220. The molecule has 2 rings (SSSR count). The third-order valence-electron chi connectivity index (χ3n) is 11.7. The molecule has 0 fully saturated rings. The summed E-state index contributed by atoms with van der Waals surface area (Å²) in [5.41, 5.74) is 22.0. The Labute approximate surface area is 489 Å². The van der Waals surface area contributed by atoms with E-state index < -0.39 is 152 Å². The van der Waals surface area contributed by atoms with Crippen LogP contribution < -0.4 is 49.5 Å². The molecule has 10 atom stereocenters. The second-order valence-corrected chi connectivity index (χ2v) is 18.5. The molecule has 0 unspecified atom stereocenters. The van der Waals surface area contributed by atoms with E-state index in [0.717, 1.165) is 30.4 Å². The van der Waals surface area contributed by atoms with Crippen molar-refractivity contribution < 1.29 is 116 Å². The normalized spacial score (nSPS) is 19.5. The molecule has 0 bridgehead atoms. The molecule has 484 valence electrons. The zero-order chi connectivity index (χ0) is 63.3. The molecular formula is C49H84N12O24. The van der Waals surface area contributed by atoms with Gasteiger partial charge in [0.15, 0.2) is 30.2 Å². The number of carboxylic acids is 2. The topological polar surface area (TPSA) is 542 Å². The maximum atomic E-state index is 13.3. The minimum absolute atomic E-state index is 0.0748. The number of nitrogens with zero attached hydrogens (tertiary/aromatic N) is 3. The molecule has 2 heterocycles. The van der Waals surface area contributed by atoms with Crippen molar-refractivity contribution in [1.82, 2.24) is 31.5 Å². The number of carbonyl (C=O) groups is 8. The van der Waals surface area contributed by atoms with Crippen LogP contribution in [0.15, 0.2) is 33.7 Å². The van der Waals surface area contributed by atoms with Gasteiger partial charge in [0.05, 0.1) is 110 Å². The van der Waals surface area contributed by atoms with E-state index in [1.807, 2.05) is 6.92 Å². The number of hydrogen-bond donors (Lipinski definition) is 15. The van der Waals surface area contributed by atoms with Crippen LogP contribution in [-0.2, 0) is 76.1 Å². The Morgan fingerprint density at radius 1 is 0.588 bits per heavy atom. The average Bonchev–Trinajstić information content (AvgIpc) is 1.59. The first-order chi connectivity index (χ1) is 40.5. The van der Waals surface area contributed by atoms with Crippen LogP contribution in [0.2, 0.25) is 0 Å². The molecule has 19 N–H and O–H groups in total. The van der Waals surface area contributed by atoms with E-state index in [4.69, 9.17) is 70.3 Å². The Morgan fingerprint density at radius 2 is 0.976 bits per heavy atom. The second-order valence-electron chi connectivity index (χ2n) is 18.5. The van der Waals surface area contributed by atoms with Crippen molar-refractivity contribution in [2.24, 2.45) is 38.8 Å². The summed E-state index contributed by atoms with van der Waals surface area (Å²) in [5, 5.41) is 72.2. The summed E-state index contributed by atoms with van der Waals surface area (Å²) in [4.78, 5) is 110. The van der Waals surface area contributed by atoms with E-state index in [2.05, 4.69) is 36.6 Å². The van der Waals surface area contributed by atoms with Crippen LogP contribution in [0.4, 0.5) is 9.59 Å². The number of amides is 6.